The summed E-state index contributed by atoms with van der Waals surface area (Å²) in [6.45, 7) is 2.74. The molecule has 0 atom stereocenters. The van der Waals surface area contributed by atoms with Crippen LogP contribution >= 0.6 is 0 Å². The first-order valence-corrected chi connectivity index (χ1v) is 5.73. The summed E-state index contributed by atoms with van der Waals surface area (Å²) in [5.41, 5.74) is 0.230. The van der Waals surface area contributed by atoms with E-state index in [0.29, 0.717) is 12.2 Å². The monoisotopic (exact) mass is 283 g/mol. The topological polar surface area (TPSA) is 73.1 Å². The summed E-state index contributed by atoms with van der Waals surface area (Å²) in [6.07, 6.45) is 3.33. The zero-order chi connectivity index (χ0) is 13.4. The number of rotatable bonds is 6. The van der Waals surface area contributed by atoms with Crippen molar-refractivity contribution in [1.82, 2.24) is 0 Å². The first-order chi connectivity index (χ1) is 8.67. The quantitative estimate of drug-likeness (QED) is 0.276. The molecule has 0 fully saturated rings. The van der Waals surface area contributed by atoms with Gasteiger partial charge in [-0.1, -0.05) is 25.5 Å². The van der Waals surface area contributed by atoms with Crippen molar-refractivity contribution in [3.05, 3.63) is 35.4 Å². The largest absolute Gasteiger partial charge is 1.00 e. The van der Waals surface area contributed by atoms with Crippen molar-refractivity contribution in [2.75, 3.05) is 6.61 Å². The molecule has 0 spiro atoms. The van der Waals surface area contributed by atoms with Crippen LogP contribution in [0.1, 0.15) is 25.3 Å². The molecule has 0 aromatic heterocycles. The molecule has 1 aromatic carbocycles. The van der Waals surface area contributed by atoms with Gasteiger partial charge in [-0.05, 0) is 30.2 Å². The van der Waals surface area contributed by atoms with Crippen molar-refractivity contribution in [3.63, 3.8) is 0 Å². The number of carbonyl (C=O) groups is 1. The minimum atomic E-state index is -1.47. The van der Waals surface area contributed by atoms with Crippen LogP contribution in [0.4, 0.5) is 0 Å². The van der Waals surface area contributed by atoms with Crippen molar-refractivity contribution in [3.8, 4) is 11.8 Å². The van der Waals surface area contributed by atoms with Gasteiger partial charge in [0.25, 0.3) is 0 Å². The Morgan fingerprint density at radius 3 is 2.53 bits per heavy atom. The molecule has 0 aliphatic heterocycles. The number of nitrogens with zero attached hydrogens (tertiary/aromatic N) is 1. The van der Waals surface area contributed by atoms with Crippen LogP contribution in [0.3, 0.4) is 0 Å². The van der Waals surface area contributed by atoms with Crippen LogP contribution in [0.25, 0.3) is 6.08 Å². The van der Waals surface area contributed by atoms with Gasteiger partial charge >= 0.3 is 51.4 Å². The predicted molar refractivity (Wildman–Crippen MR) is 65.4 cm³/mol. The fraction of sp³-hybridized carbons (Fsp3) is 0.286. The Bertz CT molecular complexity index is 474. The standard InChI is InChI=1S/C14H15NO3.K/c1-2-3-8-18-13-6-4-11(5-7-13)9-12(10-15)14(16)17;/h4-7,9H,2-3,8H2,1H3,(H,16,17);/q;+1/p-1/b12-9+;. The molecule has 19 heavy (non-hydrogen) atoms. The van der Waals surface area contributed by atoms with Gasteiger partial charge in [0.1, 0.15) is 11.8 Å². The zero-order valence-electron chi connectivity index (χ0n) is 11.2. The third-order valence-electron chi connectivity index (χ3n) is 2.30. The summed E-state index contributed by atoms with van der Waals surface area (Å²) in [7, 11) is 0. The van der Waals surface area contributed by atoms with Crippen molar-refractivity contribution in [1.29, 1.82) is 5.26 Å². The third kappa shape index (κ3) is 6.90. The molecule has 0 amide bonds. The molecule has 0 N–H and O–H groups in total. The third-order valence-corrected chi connectivity index (χ3v) is 2.30. The number of nitriles is 1. The number of ether oxygens (including phenoxy) is 1. The number of unbranched alkanes of at least 4 members (excludes halogenated alkanes) is 1. The van der Waals surface area contributed by atoms with Gasteiger partial charge in [0, 0.05) is 0 Å². The molecular formula is C14H14KNO3. The molecule has 0 heterocycles. The summed E-state index contributed by atoms with van der Waals surface area (Å²) < 4.78 is 5.47. The molecule has 0 bridgehead atoms. The number of benzene rings is 1. The molecule has 1 aromatic rings. The first-order valence-electron chi connectivity index (χ1n) is 5.73. The van der Waals surface area contributed by atoms with Gasteiger partial charge in [-0.3, -0.25) is 0 Å². The van der Waals surface area contributed by atoms with E-state index in [-0.39, 0.29) is 51.4 Å². The van der Waals surface area contributed by atoms with E-state index in [1.165, 1.54) is 6.08 Å². The smallest absolute Gasteiger partial charge is 0.544 e. The molecule has 0 aliphatic carbocycles. The van der Waals surface area contributed by atoms with E-state index in [1.807, 2.05) is 0 Å². The van der Waals surface area contributed by atoms with Crippen molar-refractivity contribution >= 4 is 12.0 Å². The Balaban J connectivity index is 0.00000324. The Labute approximate surface area is 155 Å². The minimum absolute atomic E-state index is 0. The van der Waals surface area contributed by atoms with Gasteiger partial charge in [0.05, 0.1) is 18.1 Å². The molecule has 4 nitrogen and oxygen atoms in total. The molecule has 0 aliphatic rings. The van der Waals surface area contributed by atoms with Crippen LogP contribution in [-0.2, 0) is 4.79 Å². The molecule has 0 radical (unpaired) electrons. The summed E-state index contributed by atoms with van der Waals surface area (Å²) in [5.74, 6) is -0.742. The molecule has 1 rings (SSSR count). The van der Waals surface area contributed by atoms with E-state index in [2.05, 4.69) is 6.92 Å². The van der Waals surface area contributed by atoms with Gasteiger partial charge in [-0.2, -0.15) is 5.26 Å². The van der Waals surface area contributed by atoms with E-state index in [4.69, 9.17) is 10.00 Å². The van der Waals surface area contributed by atoms with Gasteiger partial charge in [-0.15, -0.1) is 0 Å². The van der Waals surface area contributed by atoms with Crippen molar-refractivity contribution < 1.29 is 66.0 Å². The van der Waals surface area contributed by atoms with Crippen LogP contribution in [0.5, 0.6) is 5.75 Å². The van der Waals surface area contributed by atoms with Crippen LogP contribution in [0.15, 0.2) is 29.8 Å². The van der Waals surface area contributed by atoms with Gasteiger partial charge < -0.3 is 14.6 Å². The van der Waals surface area contributed by atoms with Crippen LogP contribution in [-0.4, -0.2) is 12.6 Å². The number of hydrogen-bond donors (Lipinski definition) is 0. The number of carbonyl (C=O) groups excluding carboxylic acids is 1. The Kier molecular flexibility index (Phi) is 9.84. The number of aliphatic carboxylic acids is 1. The van der Waals surface area contributed by atoms with Crippen LogP contribution in [0, 0.1) is 11.3 Å². The van der Waals surface area contributed by atoms with Crippen LogP contribution < -0.4 is 61.2 Å². The van der Waals surface area contributed by atoms with Crippen molar-refractivity contribution in [2.24, 2.45) is 0 Å². The summed E-state index contributed by atoms with van der Waals surface area (Å²) in [4.78, 5) is 10.5. The number of carboxylic acid groups (broad SMARTS) is 1. The minimum Gasteiger partial charge on any atom is -0.544 e. The summed E-state index contributed by atoms with van der Waals surface area (Å²) >= 11 is 0. The van der Waals surface area contributed by atoms with E-state index in [9.17, 15) is 9.90 Å². The maximum atomic E-state index is 10.5. The maximum Gasteiger partial charge on any atom is 1.00 e. The molecule has 0 unspecified atom stereocenters. The number of carboxylic acids is 1. The summed E-state index contributed by atoms with van der Waals surface area (Å²) in [6, 6.07) is 8.45. The number of hydrogen-bond acceptors (Lipinski definition) is 4. The van der Waals surface area contributed by atoms with Gasteiger partial charge in [-0.25, -0.2) is 0 Å². The van der Waals surface area contributed by atoms with Gasteiger partial charge in [0.15, 0.2) is 0 Å². The molecule has 94 valence electrons. The Morgan fingerprint density at radius 1 is 1.42 bits per heavy atom. The molecule has 0 saturated heterocycles. The molecule has 5 heteroatoms. The second-order valence-electron chi connectivity index (χ2n) is 3.73. The van der Waals surface area contributed by atoms with E-state index < -0.39 is 11.5 Å². The molecule has 0 saturated carbocycles. The van der Waals surface area contributed by atoms with Crippen LogP contribution in [0.2, 0.25) is 0 Å². The second kappa shape index (κ2) is 10.2. The fourth-order valence-electron chi connectivity index (χ4n) is 1.30. The fourth-order valence-corrected chi connectivity index (χ4v) is 1.30. The van der Waals surface area contributed by atoms with Crippen molar-refractivity contribution in [2.45, 2.75) is 19.8 Å². The SMILES string of the molecule is CCCCOc1ccc(/C=C(\C#N)C(=O)[O-])cc1.[K+]. The van der Waals surface area contributed by atoms with Gasteiger partial charge in [0.2, 0.25) is 0 Å². The predicted octanol–water partition coefficient (Wildman–Crippen LogP) is -1.47. The second-order valence-corrected chi connectivity index (χ2v) is 3.73. The first kappa shape index (κ1) is 18.4. The summed E-state index contributed by atoms with van der Waals surface area (Å²) in [5, 5.41) is 19.1. The average molecular weight is 283 g/mol. The maximum absolute atomic E-state index is 10.5. The van der Waals surface area contributed by atoms with E-state index >= 15 is 0 Å². The van der Waals surface area contributed by atoms with E-state index in [0.717, 1.165) is 18.6 Å². The normalized spacial score (nSPS) is 10.2. The van der Waals surface area contributed by atoms with E-state index in [1.54, 1.807) is 30.3 Å². The molecular weight excluding hydrogens is 269 g/mol. The zero-order valence-corrected chi connectivity index (χ0v) is 14.3. The Hall–Kier alpha value is -0.644. The Morgan fingerprint density at radius 2 is 2.05 bits per heavy atom. The average Bonchev–Trinajstić information content (AvgIpc) is 2.37.